The molecule has 2 aliphatic rings. The van der Waals surface area contributed by atoms with E-state index in [4.69, 9.17) is 4.74 Å². The van der Waals surface area contributed by atoms with Crippen LogP contribution in [0.15, 0.2) is 11.6 Å². The van der Waals surface area contributed by atoms with Crippen LogP contribution in [0.4, 0.5) is 4.39 Å². The van der Waals surface area contributed by atoms with E-state index < -0.39 is 5.79 Å². The Bertz CT molecular complexity index is 380. The van der Waals surface area contributed by atoms with Gasteiger partial charge in [0.2, 0.25) is 5.79 Å². The summed E-state index contributed by atoms with van der Waals surface area (Å²) >= 11 is 0. The van der Waals surface area contributed by atoms with Crippen LogP contribution >= 0.6 is 0 Å². The molecule has 0 radical (unpaired) electrons. The summed E-state index contributed by atoms with van der Waals surface area (Å²) in [4.78, 5) is 11.4. The van der Waals surface area contributed by atoms with Gasteiger partial charge in [-0.3, -0.25) is 9.18 Å². The topological polar surface area (TPSA) is 46.5 Å². The van der Waals surface area contributed by atoms with Gasteiger partial charge in [-0.2, -0.15) is 0 Å². The number of fused-ring (bicyclic) bond motifs is 1. The first-order valence-electron chi connectivity index (χ1n) is 7.73. The first kappa shape index (κ1) is 15.5. The van der Waals surface area contributed by atoms with Gasteiger partial charge in [0.15, 0.2) is 0 Å². The number of hydrogen-bond acceptors (Lipinski definition) is 3. The lowest BCUT2D eigenvalue weighted by molar-refractivity contribution is -0.195. The minimum Gasteiger partial charge on any atom is -0.433 e. The minimum absolute atomic E-state index is 0.0715. The smallest absolute Gasteiger partial charge is 0.308 e. The summed E-state index contributed by atoms with van der Waals surface area (Å²) in [6.45, 7) is 1.87. The molecule has 2 unspecified atom stereocenters. The van der Waals surface area contributed by atoms with Gasteiger partial charge in [0.1, 0.15) is 0 Å². The number of carbonyl (C=O) groups excluding carboxylic acids is 1. The highest BCUT2D eigenvalue weighted by molar-refractivity contribution is 5.73. The van der Waals surface area contributed by atoms with E-state index in [2.05, 4.69) is 13.0 Å². The summed E-state index contributed by atoms with van der Waals surface area (Å²) < 4.78 is 17.0. The molecule has 4 heteroatoms. The average molecular weight is 284 g/mol. The second-order valence-electron chi connectivity index (χ2n) is 6.11. The first-order chi connectivity index (χ1) is 9.57. The van der Waals surface area contributed by atoms with E-state index in [9.17, 15) is 14.3 Å². The normalized spacial score (nSPS) is 33.4. The van der Waals surface area contributed by atoms with Gasteiger partial charge in [0, 0.05) is 12.3 Å². The van der Waals surface area contributed by atoms with Crippen molar-refractivity contribution >= 4 is 5.97 Å². The maximum Gasteiger partial charge on any atom is 0.308 e. The van der Waals surface area contributed by atoms with E-state index in [0.717, 1.165) is 32.1 Å². The zero-order chi connectivity index (χ0) is 14.6. The number of rotatable bonds is 7. The number of ether oxygens (including phenoxy) is 1. The van der Waals surface area contributed by atoms with Crippen molar-refractivity contribution in [2.45, 2.75) is 64.1 Å². The van der Waals surface area contributed by atoms with Crippen molar-refractivity contribution in [2.24, 2.45) is 11.8 Å². The Morgan fingerprint density at radius 1 is 1.45 bits per heavy atom. The second-order valence-corrected chi connectivity index (χ2v) is 6.11. The highest BCUT2D eigenvalue weighted by Crippen LogP contribution is 2.50. The molecule has 0 aromatic carbocycles. The van der Waals surface area contributed by atoms with Gasteiger partial charge >= 0.3 is 5.97 Å². The van der Waals surface area contributed by atoms with Crippen LogP contribution in [0, 0.1) is 11.8 Å². The third kappa shape index (κ3) is 3.40. The molecule has 0 spiro atoms. The van der Waals surface area contributed by atoms with Crippen LogP contribution in [-0.2, 0) is 9.53 Å². The van der Waals surface area contributed by atoms with Crippen molar-refractivity contribution in [3.8, 4) is 0 Å². The van der Waals surface area contributed by atoms with E-state index in [1.807, 2.05) is 0 Å². The molecular weight excluding hydrogens is 259 g/mol. The molecule has 0 amide bonds. The summed E-state index contributed by atoms with van der Waals surface area (Å²) in [5.74, 6) is -1.30. The summed E-state index contributed by atoms with van der Waals surface area (Å²) in [7, 11) is 0. The van der Waals surface area contributed by atoms with Gasteiger partial charge in [-0.25, -0.2) is 0 Å². The summed E-state index contributed by atoms with van der Waals surface area (Å²) in [6.07, 6.45) is 8.75. The minimum atomic E-state index is -1.21. The number of unbranched alkanes of at least 4 members (excludes halogenated alkanes) is 4. The van der Waals surface area contributed by atoms with Crippen LogP contribution in [0.2, 0.25) is 0 Å². The standard InChI is InChI=1S/C16H25FO3/c1-12(7-5-3-2-4-6-10-17)13-8-9-16(19)14(13)11-15(18)20-16/h7,13-14,19H,2-6,8-11H2,1H3/t13-,14?,16?/m1/s1. The molecule has 114 valence electrons. The molecular formula is C16H25FO3. The maximum absolute atomic E-state index is 12.0. The highest BCUT2D eigenvalue weighted by Gasteiger charge is 2.55. The Hall–Kier alpha value is -0.900. The van der Waals surface area contributed by atoms with E-state index in [-0.39, 0.29) is 24.5 Å². The Kier molecular flexibility index (Phi) is 5.19. The van der Waals surface area contributed by atoms with E-state index in [1.54, 1.807) is 0 Å². The van der Waals surface area contributed by atoms with Crippen LogP contribution < -0.4 is 0 Å². The van der Waals surface area contributed by atoms with Crippen molar-refractivity contribution in [1.82, 2.24) is 0 Å². The van der Waals surface area contributed by atoms with Crippen molar-refractivity contribution in [1.29, 1.82) is 0 Å². The van der Waals surface area contributed by atoms with Crippen LogP contribution in [-0.4, -0.2) is 23.5 Å². The predicted molar refractivity (Wildman–Crippen MR) is 74.7 cm³/mol. The fourth-order valence-corrected chi connectivity index (χ4v) is 3.53. The fraction of sp³-hybridized carbons (Fsp3) is 0.812. The lowest BCUT2D eigenvalue weighted by atomic mass is 9.86. The fourth-order valence-electron chi connectivity index (χ4n) is 3.53. The lowest BCUT2D eigenvalue weighted by Crippen LogP contribution is -2.32. The largest absolute Gasteiger partial charge is 0.433 e. The molecule has 3 atom stereocenters. The number of allylic oxidation sites excluding steroid dienone is 2. The van der Waals surface area contributed by atoms with Gasteiger partial charge in [0.25, 0.3) is 0 Å². The number of halogens is 1. The SMILES string of the molecule is CC(=CCCCCCCF)[C@H]1CCC2(O)OC(=O)CC12. The molecule has 1 aliphatic heterocycles. The van der Waals surface area contributed by atoms with Crippen molar-refractivity contribution in [3.05, 3.63) is 11.6 Å². The Labute approximate surface area is 120 Å². The van der Waals surface area contributed by atoms with Gasteiger partial charge in [0.05, 0.1) is 13.1 Å². The monoisotopic (exact) mass is 284 g/mol. The Morgan fingerprint density at radius 2 is 2.20 bits per heavy atom. The zero-order valence-electron chi connectivity index (χ0n) is 12.2. The number of alkyl halides is 1. The van der Waals surface area contributed by atoms with Gasteiger partial charge in [-0.15, -0.1) is 0 Å². The molecule has 1 aliphatic carbocycles. The molecule has 20 heavy (non-hydrogen) atoms. The van der Waals surface area contributed by atoms with Gasteiger partial charge < -0.3 is 9.84 Å². The van der Waals surface area contributed by atoms with E-state index in [1.165, 1.54) is 5.57 Å². The molecule has 0 bridgehead atoms. The molecule has 1 N–H and O–H groups in total. The summed E-state index contributed by atoms with van der Waals surface area (Å²) in [5.41, 5.74) is 1.26. The van der Waals surface area contributed by atoms with E-state index >= 15 is 0 Å². The predicted octanol–water partition coefficient (Wildman–Crippen LogP) is 3.51. The quantitative estimate of drug-likeness (QED) is 0.442. The summed E-state index contributed by atoms with van der Waals surface area (Å²) in [5, 5.41) is 10.3. The third-order valence-corrected chi connectivity index (χ3v) is 4.69. The van der Waals surface area contributed by atoms with Crippen LogP contribution in [0.5, 0.6) is 0 Å². The molecule has 1 saturated carbocycles. The van der Waals surface area contributed by atoms with Crippen molar-refractivity contribution in [3.63, 3.8) is 0 Å². The molecule has 0 aromatic heterocycles. The summed E-state index contributed by atoms with van der Waals surface area (Å²) in [6, 6.07) is 0. The van der Waals surface area contributed by atoms with Crippen LogP contribution in [0.25, 0.3) is 0 Å². The molecule has 2 rings (SSSR count). The first-order valence-corrected chi connectivity index (χ1v) is 7.73. The number of aliphatic hydroxyl groups is 1. The van der Waals surface area contributed by atoms with Crippen LogP contribution in [0.1, 0.15) is 58.3 Å². The number of hydrogen-bond donors (Lipinski definition) is 1. The lowest BCUT2D eigenvalue weighted by Gasteiger charge is -2.23. The third-order valence-electron chi connectivity index (χ3n) is 4.69. The van der Waals surface area contributed by atoms with Crippen LogP contribution in [0.3, 0.4) is 0 Å². The molecule has 3 nitrogen and oxygen atoms in total. The van der Waals surface area contributed by atoms with E-state index in [0.29, 0.717) is 19.3 Å². The number of carbonyl (C=O) groups is 1. The molecule has 2 fully saturated rings. The average Bonchev–Trinajstić information content (AvgIpc) is 2.85. The highest BCUT2D eigenvalue weighted by atomic mass is 19.1. The van der Waals surface area contributed by atoms with Crippen molar-refractivity contribution in [2.75, 3.05) is 6.67 Å². The molecule has 1 saturated heterocycles. The van der Waals surface area contributed by atoms with Gasteiger partial charge in [-0.05, 0) is 38.5 Å². The molecule has 1 heterocycles. The van der Waals surface area contributed by atoms with Gasteiger partial charge in [-0.1, -0.05) is 24.5 Å². The van der Waals surface area contributed by atoms with Crippen molar-refractivity contribution < 1.29 is 19.0 Å². The second kappa shape index (κ2) is 6.70. The maximum atomic E-state index is 12.0. The zero-order valence-corrected chi connectivity index (χ0v) is 12.2. The number of esters is 1. The molecule has 0 aromatic rings. The Morgan fingerprint density at radius 3 is 2.95 bits per heavy atom. The Balaban J connectivity index is 1.81.